The minimum Gasteiger partial charge on any atom is -0.324 e. The van der Waals surface area contributed by atoms with Gasteiger partial charge in [-0.25, -0.2) is 4.79 Å². The number of fused-ring (bicyclic) bond motifs is 1. The monoisotopic (exact) mass is 335 g/mol. The summed E-state index contributed by atoms with van der Waals surface area (Å²) in [5, 5.41) is 3.85. The summed E-state index contributed by atoms with van der Waals surface area (Å²) < 4.78 is 1.55. The average Bonchev–Trinajstić information content (AvgIpc) is 2.52. The molecule has 0 spiro atoms. The third-order valence-electron chi connectivity index (χ3n) is 4.28. The second-order valence-corrected chi connectivity index (χ2v) is 6.51. The summed E-state index contributed by atoms with van der Waals surface area (Å²) in [6.07, 6.45) is 0. The van der Waals surface area contributed by atoms with Crippen molar-refractivity contribution in [1.29, 1.82) is 0 Å². The smallest absolute Gasteiger partial charge is 0.324 e. The number of rotatable bonds is 3. The number of nitrogens with zero attached hydrogens (tertiary/aromatic N) is 1. The molecule has 1 unspecified atom stereocenters. The third kappa shape index (κ3) is 3.04. The van der Waals surface area contributed by atoms with E-state index in [-0.39, 0.29) is 5.56 Å². The normalized spacial score (nSPS) is 17.0. The molecule has 1 aromatic heterocycles. The molecule has 1 aliphatic heterocycles. The van der Waals surface area contributed by atoms with Crippen LogP contribution in [-0.2, 0) is 13.1 Å². The molecule has 2 heterocycles. The fourth-order valence-corrected chi connectivity index (χ4v) is 3.02. The van der Waals surface area contributed by atoms with Gasteiger partial charge in [0.15, 0.2) is 6.67 Å². The highest BCUT2D eigenvalue weighted by Crippen LogP contribution is 2.18. The second kappa shape index (κ2) is 6.22. The lowest BCUT2D eigenvalue weighted by molar-refractivity contribution is -0.933. The quantitative estimate of drug-likeness (QED) is 0.761. The van der Waals surface area contributed by atoms with Gasteiger partial charge in [0.1, 0.15) is 17.9 Å². The zero-order valence-electron chi connectivity index (χ0n) is 13.1. The molecule has 6 nitrogen and oxygen atoms in total. The number of anilines is 1. The van der Waals surface area contributed by atoms with E-state index < -0.39 is 5.69 Å². The van der Waals surface area contributed by atoms with Crippen molar-refractivity contribution in [1.82, 2.24) is 9.55 Å². The highest BCUT2D eigenvalue weighted by atomic mass is 35.5. The first-order valence-electron chi connectivity index (χ1n) is 7.65. The zero-order valence-corrected chi connectivity index (χ0v) is 13.9. The van der Waals surface area contributed by atoms with Crippen molar-refractivity contribution in [3.8, 4) is 0 Å². The van der Waals surface area contributed by atoms with Crippen molar-refractivity contribution in [2.45, 2.75) is 33.0 Å². The van der Waals surface area contributed by atoms with Gasteiger partial charge in [0.2, 0.25) is 0 Å². The van der Waals surface area contributed by atoms with Gasteiger partial charge in [0, 0.05) is 5.02 Å². The lowest BCUT2D eigenvalue weighted by Gasteiger charge is -2.30. The molecule has 0 saturated heterocycles. The van der Waals surface area contributed by atoms with Gasteiger partial charge >= 0.3 is 5.69 Å². The molecule has 2 aromatic rings. The van der Waals surface area contributed by atoms with E-state index in [4.69, 9.17) is 11.6 Å². The molecule has 1 aliphatic rings. The maximum Gasteiger partial charge on any atom is 0.330 e. The highest BCUT2D eigenvalue weighted by Gasteiger charge is 2.27. The van der Waals surface area contributed by atoms with Crippen molar-refractivity contribution in [2.75, 3.05) is 12.0 Å². The lowest BCUT2D eigenvalue weighted by Crippen LogP contribution is -3.15. The predicted octanol–water partition coefficient (Wildman–Crippen LogP) is 0.415. The van der Waals surface area contributed by atoms with Crippen LogP contribution >= 0.6 is 11.6 Å². The number of aromatic amines is 1. The van der Waals surface area contributed by atoms with Crippen molar-refractivity contribution in [2.24, 2.45) is 0 Å². The van der Waals surface area contributed by atoms with Crippen molar-refractivity contribution in [3.05, 3.63) is 61.3 Å². The maximum atomic E-state index is 12.3. The molecule has 0 aliphatic carbocycles. The Balaban J connectivity index is 2.06. The fourth-order valence-electron chi connectivity index (χ4n) is 2.82. The Kier molecular flexibility index (Phi) is 4.28. The van der Waals surface area contributed by atoms with E-state index in [1.54, 1.807) is 10.6 Å². The minimum absolute atomic E-state index is 0.314. The van der Waals surface area contributed by atoms with Crippen molar-refractivity contribution in [3.63, 3.8) is 0 Å². The van der Waals surface area contributed by atoms with Crippen LogP contribution in [0.1, 0.15) is 25.0 Å². The van der Waals surface area contributed by atoms with E-state index in [1.807, 2.05) is 18.2 Å². The number of benzene rings is 1. The number of nitrogens with one attached hydrogen (secondary N) is 3. The summed E-state index contributed by atoms with van der Waals surface area (Å²) in [5.74, 6) is 0.600. The molecule has 3 N–H and O–H groups in total. The Hall–Kier alpha value is -2.05. The number of H-pyrrole nitrogens is 1. The molecule has 0 fully saturated rings. The van der Waals surface area contributed by atoms with Crippen LogP contribution in [0.3, 0.4) is 0 Å². The molecule has 7 heteroatoms. The molecule has 1 aromatic carbocycles. The summed E-state index contributed by atoms with van der Waals surface area (Å²) in [6, 6.07) is 7.78. The van der Waals surface area contributed by atoms with Crippen molar-refractivity contribution < 1.29 is 4.90 Å². The summed E-state index contributed by atoms with van der Waals surface area (Å²) >= 11 is 6.19. The van der Waals surface area contributed by atoms with Gasteiger partial charge in [-0.1, -0.05) is 29.8 Å². The summed E-state index contributed by atoms with van der Waals surface area (Å²) in [4.78, 5) is 28.1. The molecule has 0 amide bonds. The van der Waals surface area contributed by atoms with Crippen molar-refractivity contribution >= 4 is 17.4 Å². The molecule has 0 bridgehead atoms. The Bertz CT molecular complexity index is 841. The Morgan fingerprint density at radius 3 is 2.74 bits per heavy atom. The SMILES string of the molecule is CC(C)[NH+]1CNc2c(c(=O)[nH]c(=O)n2Cc2ccccc2Cl)C1. The van der Waals surface area contributed by atoms with Crippen LogP contribution in [0.2, 0.25) is 5.02 Å². The van der Waals surface area contributed by atoms with E-state index in [0.29, 0.717) is 42.2 Å². The van der Waals surface area contributed by atoms with Crippen LogP contribution in [-0.4, -0.2) is 22.3 Å². The molecular formula is C16H20ClN4O2+. The minimum atomic E-state index is -0.422. The van der Waals surface area contributed by atoms with Gasteiger partial charge in [0.05, 0.1) is 12.6 Å². The van der Waals surface area contributed by atoms with Gasteiger partial charge in [-0.05, 0) is 25.5 Å². The van der Waals surface area contributed by atoms with Crippen LogP contribution in [0.15, 0.2) is 33.9 Å². The second-order valence-electron chi connectivity index (χ2n) is 6.11. The fraction of sp³-hybridized carbons (Fsp3) is 0.375. The third-order valence-corrected chi connectivity index (χ3v) is 4.65. The van der Waals surface area contributed by atoms with E-state index in [9.17, 15) is 9.59 Å². The van der Waals surface area contributed by atoms with E-state index in [1.165, 1.54) is 4.90 Å². The highest BCUT2D eigenvalue weighted by molar-refractivity contribution is 6.31. The molecule has 1 atom stereocenters. The Morgan fingerprint density at radius 2 is 2.04 bits per heavy atom. The number of halogens is 1. The summed E-state index contributed by atoms with van der Waals surface area (Å²) in [6.45, 7) is 5.81. The average molecular weight is 336 g/mol. The van der Waals surface area contributed by atoms with Gasteiger partial charge < -0.3 is 10.2 Å². The molecule has 122 valence electrons. The van der Waals surface area contributed by atoms with Crippen LogP contribution in [0.25, 0.3) is 0 Å². The van der Waals surface area contributed by atoms with E-state index in [0.717, 1.165) is 5.56 Å². The lowest BCUT2D eigenvalue weighted by atomic mass is 10.2. The topological polar surface area (TPSA) is 71.3 Å². The standard InChI is InChI=1S/C16H19ClN4O2/c1-10(2)20-8-12-14(18-9-20)21(16(23)19-15(12)22)7-11-5-3-4-6-13(11)17/h3-6,10,18H,7-9H2,1-2H3,(H,19,22,23)/p+1. The van der Waals surface area contributed by atoms with Crippen LogP contribution in [0, 0.1) is 0 Å². The molecule has 0 saturated carbocycles. The molecule has 23 heavy (non-hydrogen) atoms. The molecule has 0 radical (unpaired) electrons. The zero-order chi connectivity index (χ0) is 16.6. The first-order chi connectivity index (χ1) is 11.0. The number of hydrogen-bond acceptors (Lipinski definition) is 3. The van der Waals surface area contributed by atoms with Gasteiger partial charge in [0.25, 0.3) is 5.56 Å². The first-order valence-corrected chi connectivity index (χ1v) is 8.03. The summed E-state index contributed by atoms with van der Waals surface area (Å²) in [7, 11) is 0. The van der Waals surface area contributed by atoms with E-state index >= 15 is 0 Å². The largest absolute Gasteiger partial charge is 0.330 e. The van der Waals surface area contributed by atoms with Crippen LogP contribution in [0.4, 0.5) is 5.82 Å². The van der Waals surface area contributed by atoms with Gasteiger partial charge in [-0.2, -0.15) is 0 Å². The van der Waals surface area contributed by atoms with Gasteiger partial charge in [-0.3, -0.25) is 14.3 Å². The summed E-state index contributed by atoms with van der Waals surface area (Å²) in [5.41, 5.74) is 0.720. The maximum absolute atomic E-state index is 12.3. The molecular weight excluding hydrogens is 316 g/mol. The van der Waals surface area contributed by atoms with Gasteiger partial charge in [-0.15, -0.1) is 0 Å². The van der Waals surface area contributed by atoms with Crippen LogP contribution < -0.4 is 21.5 Å². The first kappa shape index (κ1) is 15.8. The van der Waals surface area contributed by atoms with E-state index in [2.05, 4.69) is 24.1 Å². The predicted molar refractivity (Wildman–Crippen MR) is 90.2 cm³/mol. The molecule has 3 rings (SSSR count). The Morgan fingerprint density at radius 1 is 1.30 bits per heavy atom. The van der Waals surface area contributed by atoms with Crippen LogP contribution in [0.5, 0.6) is 0 Å². The number of quaternary nitrogens is 1. The number of aromatic nitrogens is 2. The Labute approximate surface area is 138 Å². The number of hydrogen-bond donors (Lipinski definition) is 3.